The van der Waals surface area contributed by atoms with Crippen LogP contribution in [-0.2, 0) is 4.79 Å². The smallest absolute Gasteiger partial charge is 0.336 e. The molecule has 0 unspecified atom stereocenters. The van der Waals surface area contributed by atoms with Gasteiger partial charge in [-0.3, -0.25) is 4.48 Å². The van der Waals surface area contributed by atoms with Crippen LogP contribution in [0.15, 0.2) is 11.8 Å². The van der Waals surface area contributed by atoms with E-state index in [2.05, 4.69) is 34.7 Å². The molecule has 0 aromatic heterocycles. The first-order chi connectivity index (χ1) is 7.53. The molecule has 98 valence electrons. The second kappa shape index (κ2) is 4.13. The van der Waals surface area contributed by atoms with Gasteiger partial charge in [0.15, 0.2) is 0 Å². The molecule has 3 nitrogen and oxygen atoms in total. The van der Waals surface area contributed by atoms with Gasteiger partial charge in [-0.25, -0.2) is 4.79 Å². The van der Waals surface area contributed by atoms with Gasteiger partial charge in [0.1, 0.15) is 6.20 Å². The second-order valence-corrected chi connectivity index (χ2v) is 6.67. The summed E-state index contributed by atoms with van der Waals surface area (Å²) < 4.78 is 0.693. The number of carbonyl (C=O) groups is 1. The minimum Gasteiger partial charge on any atom is -0.478 e. The Bertz CT molecular complexity index is 337. The van der Waals surface area contributed by atoms with E-state index >= 15 is 0 Å². The standard InChI is InChI=1S/C14H25NO2/c1-11(12(16)17)10-15(6)13(2,3)8-7-9-14(15,4)5/h10H,7-9H2,1-6H3/p+1. The normalized spacial score (nSPS) is 26.6. The van der Waals surface area contributed by atoms with Crippen molar-refractivity contribution >= 4 is 5.97 Å². The minimum atomic E-state index is -0.818. The first-order valence-corrected chi connectivity index (χ1v) is 6.33. The minimum absolute atomic E-state index is 0.0818. The summed E-state index contributed by atoms with van der Waals surface area (Å²) in [4.78, 5) is 11.1. The lowest BCUT2D eigenvalue weighted by Gasteiger charge is -2.58. The van der Waals surface area contributed by atoms with Gasteiger partial charge in [-0.1, -0.05) is 0 Å². The van der Waals surface area contributed by atoms with E-state index in [0.29, 0.717) is 10.1 Å². The first-order valence-electron chi connectivity index (χ1n) is 6.33. The summed E-state index contributed by atoms with van der Waals surface area (Å²) in [6.45, 7) is 10.6. The van der Waals surface area contributed by atoms with Crippen molar-refractivity contribution < 1.29 is 14.4 Å². The molecule has 0 aromatic rings. The molecule has 1 N–H and O–H groups in total. The Balaban J connectivity index is 3.28. The molecule has 0 spiro atoms. The highest BCUT2D eigenvalue weighted by Crippen LogP contribution is 2.45. The van der Waals surface area contributed by atoms with Gasteiger partial charge in [-0.2, -0.15) is 0 Å². The Morgan fingerprint density at radius 3 is 1.94 bits per heavy atom. The quantitative estimate of drug-likeness (QED) is 0.594. The van der Waals surface area contributed by atoms with Crippen LogP contribution < -0.4 is 0 Å². The van der Waals surface area contributed by atoms with E-state index in [-0.39, 0.29) is 11.1 Å². The highest BCUT2D eigenvalue weighted by molar-refractivity contribution is 5.85. The topological polar surface area (TPSA) is 37.3 Å². The van der Waals surface area contributed by atoms with Gasteiger partial charge in [-0.15, -0.1) is 0 Å². The van der Waals surface area contributed by atoms with Gasteiger partial charge in [0.05, 0.1) is 23.7 Å². The Morgan fingerprint density at radius 1 is 1.18 bits per heavy atom. The van der Waals surface area contributed by atoms with Crippen LogP contribution in [0.3, 0.4) is 0 Å². The molecule has 1 saturated heterocycles. The summed E-state index contributed by atoms with van der Waals surface area (Å²) >= 11 is 0. The molecular formula is C14H26NO2+. The maximum atomic E-state index is 11.1. The molecule has 1 aliphatic rings. The van der Waals surface area contributed by atoms with Gasteiger partial charge >= 0.3 is 5.97 Å². The summed E-state index contributed by atoms with van der Waals surface area (Å²) in [5.41, 5.74) is 0.604. The van der Waals surface area contributed by atoms with Crippen LogP contribution in [0.5, 0.6) is 0 Å². The van der Waals surface area contributed by atoms with Crippen molar-refractivity contribution in [1.82, 2.24) is 0 Å². The fourth-order valence-electron chi connectivity index (χ4n) is 3.03. The number of hydrogen-bond acceptors (Lipinski definition) is 1. The van der Waals surface area contributed by atoms with E-state index in [9.17, 15) is 4.79 Å². The first kappa shape index (κ1) is 14.2. The van der Waals surface area contributed by atoms with Crippen LogP contribution in [0.4, 0.5) is 0 Å². The zero-order valence-electron chi connectivity index (χ0n) is 12.0. The lowest BCUT2D eigenvalue weighted by Crippen LogP contribution is -2.68. The highest BCUT2D eigenvalue weighted by atomic mass is 16.4. The zero-order chi connectivity index (χ0) is 13.5. The number of carboxylic acids is 1. The van der Waals surface area contributed by atoms with Gasteiger partial charge in [0.25, 0.3) is 0 Å². The van der Waals surface area contributed by atoms with Crippen LogP contribution in [0.2, 0.25) is 0 Å². The molecule has 0 aliphatic carbocycles. The zero-order valence-corrected chi connectivity index (χ0v) is 12.0. The van der Waals surface area contributed by atoms with E-state index in [4.69, 9.17) is 5.11 Å². The molecule has 1 fully saturated rings. The molecule has 1 aliphatic heterocycles. The molecule has 1 heterocycles. The third-order valence-electron chi connectivity index (χ3n) is 4.88. The van der Waals surface area contributed by atoms with Crippen molar-refractivity contribution in [3.8, 4) is 0 Å². The number of hydrogen-bond donors (Lipinski definition) is 1. The fraction of sp³-hybridized carbons (Fsp3) is 0.786. The summed E-state index contributed by atoms with van der Waals surface area (Å²) in [5.74, 6) is -0.818. The maximum Gasteiger partial charge on any atom is 0.336 e. The van der Waals surface area contributed by atoms with E-state index in [1.54, 1.807) is 6.92 Å². The van der Waals surface area contributed by atoms with Crippen LogP contribution in [-0.4, -0.2) is 33.7 Å². The third kappa shape index (κ3) is 2.25. The van der Waals surface area contributed by atoms with Gasteiger partial charge in [-0.05, 0) is 41.0 Å². The van der Waals surface area contributed by atoms with Crippen molar-refractivity contribution in [2.45, 2.75) is 65.0 Å². The molecule has 0 bridgehead atoms. The van der Waals surface area contributed by atoms with Crippen molar-refractivity contribution in [3.63, 3.8) is 0 Å². The molecule has 1 rings (SSSR count). The molecule has 0 radical (unpaired) electrons. The van der Waals surface area contributed by atoms with Gasteiger partial charge in [0.2, 0.25) is 0 Å². The van der Waals surface area contributed by atoms with Gasteiger partial charge in [0, 0.05) is 12.8 Å². The van der Waals surface area contributed by atoms with Crippen molar-refractivity contribution in [3.05, 3.63) is 11.8 Å². The molecular weight excluding hydrogens is 214 g/mol. The summed E-state index contributed by atoms with van der Waals surface area (Å²) in [5, 5.41) is 9.09. The van der Waals surface area contributed by atoms with Crippen molar-refractivity contribution in [1.29, 1.82) is 0 Å². The Morgan fingerprint density at radius 2 is 1.59 bits per heavy atom. The molecule has 3 heteroatoms. The van der Waals surface area contributed by atoms with E-state index in [1.165, 1.54) is 6.42 Å². The second-order valence-electron chi connectivity index (χ2n) is 6.67. The fourth-order valence-corrected chi connectivity index (χ4v) is 3.03. The van der Waals surface area contributed by atoms with Gasteiger partial charge < -0.3 is 5.11 Å². The summed E-state index contributed by atoms with van der Waals surface area (Å²) in [6.07, 6.45) is 5.42. The van der Waals surface area contributed by atoms with Crippen LogP contribution >= 0.6 is 0 Å². The number of nitrogens with zero attached hydrogens (tertiary/aromatic N) is 1. The van der Waals surface area contributed by atoms with E-state index in [1.807, 2.05) is 6.20 Å². The molecule has 0 aromatic carbocycles. The number of piperidine rings is 1. The number of rotatable bonds is 2. The Labute approximate surface area is 105 Å². The predicted octanol–water partition coefficient (Wildman–Crippen LogP) is 3.16. The van der Waals surface area contributed by atoms with Crippen LogP contribution in [0.1, 0.15) is 53.9 Å². The van der Waals surface area contributed by atoms with Crippen molar-refractivity contribution in [2.75, 3.05) is 7.05 Å². The van der Waals surface area contributed by atoms with Crippen LogP contribution in [0, 0.1) is 0 Å². The monoisotopic (exact) mass is 240 g/mol. The number of quaternary nitrogens is 1. The Kier molecular flexibility index (Phi) is 3.45. The lowest BCUT2D eigenvalue weighted by molar-refractivity contribution is -0.960. The molecule has 0 atom stereocenters. The number of likely N-dealkylation sites (tertiary alicyclic amines) is 1. The lowest BCUT2D eigenvalue weighted by atomic mass is 9.77. The number of carboxylic acid groups (broad SMARTS) is 1. The summed E-state index contributed by atoms with van der Waals surface area (Å²) in [6, 6.07) is 0. The molecule has 17 heavy (non-hydrogen) atoms. The molecule has 0 amide bonds. The Hall–Kier alpha value is -0.830. The largest absolute Gasteiger partial charge is 0.478 e. The highest BCUT2D eigenvalue weighted by Gasteiger charge is 2.52. The van der Waals surface area contributed by atoms with Crippen LogP contribution in [0.25, 0.3) is 0 Å². The predicted molar refractivity (Wildman–Crippen MR) is 69.6 cm³/mol. The number of aliphatic carboxylic acids is 1. The molecule has 0 saturated carbocycles. The third-order valence-corrected chi connectivity index (χ3v) is 4.88. The maximum absolute atomic E-state index is 11.1. The summed E-state index contributed by atoms with van der Waals surface area (Å²) in [7, 11) is 2.16. The van der Waals surface area contributed by atoms with E-state index < -0.39 is 5.97 Å². The average molecular weight is 240 g/mol. The van der Waals surface area contributed by atoms with E-state index in [0.717, 1.165) is 12.8 Å². The SMILES string of the molecule is CC(=C[N+]1(C)C(C)(C)CCCC1(C)C)C(=O)O. The average Bonchev–Trinajstić information content (AvgIpc) is 2.14. The van der Waals surface area contributed by atoms with Crippen molar-refractivity contribution in [2.24, 2.45) is 0 Å².